The lowest BCUT2D eigenvalue weighted by atomic mass is 9.81. The number of carboxylic acid groups (broad SMARTS) is 1. The summed E-state index contributed by atoms with van der Waals surface area (Å²) < 4.78 is 0. The van der Waals surface area contributed by atoms with Crippen LogP contribution in [0.4, 0.5) is 10.5 Å². The molecule has 0 aliphatic carbocycles. The molecule has 2 amide bonds. The number of amides is 2. The van der Waals surface area contributed by atoms with Crippen molar-refractivity contribution in [1.29, 1.82) is 0 Å². The van der Waals surface area contributed by atoms with Crippen LogP contribution in [0.25, 0.3) is 0 Å². The molecule has 2 atom stereocenters. The molecule has 0 fully saturated rings. The monoisotopic (exact) mass is 393 g/mol. The maximum absolute atomic E-state index is 11.9. The highest BCUT2D eigenvalue weighted by atomic mass is 35.5. The molecule has 3 rings (SSSR count). The number of hydrazine groups is 1. The van der Waals surface area contributed by atoms with Gasteiger partial charge in [0.2, 0.25) is 0 Å². The summed E-state index contributed by atoms with van der Waals surface area (Å²) in [7, 11) is 0. The summed E-state index contributed by atoms with van der Waals surface area (Å²) in [4.78, 5) is 23.3. The Hall–Kier alpha value is -2.44. The lowest BCUT2D eigenvalue weighted by molar-refractivity contribution is -0.139. The number of carbonyl (C=O) groups is 2. The van der Waals surface area contributed by atoms with Crippen LogP contribution in [0.1, 0.15) is 29.0 Å². The molecule has 1 aliphatic rings. The number of nitrogens with two attached hydrogens (primary N) is 1. The molecule has 0 saturated heterocycles. The van der Waals surface area contributed by atoms with Crippen LogP contribution in [-0.4, -0.2) is 23.1 Å². The SMILES string of the molecule is Cc1cccc(C2CC(C(=O)O)N(NC(N)=O)c3cc(Cl)cc(Cl)c32)c1. The second-order valence-electron chi connectivity index (χ2n) is 6.22. The molecule has 2 aromatic carbocycles. The van der Waals surface area contributed by atoms with Gasteiger partial charge in [-0.05, 0) is 31.0 Å². The fourth-order valence-corrected chi connectivity index (χ4v) is 4.00. The summed E-state index contributed by atoms with van der Waals surface area (Å²) in [5.41, 5.74) is 10.7. The number of nitrogens with zero attached hydrogens (tertiary/aromatic N) is 1. The van der Waals surface area contributed by atoms with E-state index in [9.17, 15) is 14.7 Å². The Balaban J connectivity index is 2.22. The molecule has 1 heterocycles. The molecule has 6 nitrogen and oxygen atoms in total. The van der Waals surface area contributed by atoms with E-state index in [-0.39, 0.29) is 12.3 Å². The molecule has 2 aromatic rings. The van der Waals surface area contributed by atoms with Crippen molar-refractivity contribution in [1.82, 2.24) is 5.43 Å². The number of hydrogen-bond acceptors (Lipinski definition) is 3. The first-order valence-corrected chi connectivity index (χ1v) is 8.67. The van der Waals surface area contributed by atoms with Gasteiger partial charge in [0.05, 0.1) is 5.69 Å². The summed E-state index contributed by atoms with van der Waals surface area (Å²) >= 11 is 12.6. The molecule has 136 valence electrons. The maximum atomic E-state index is 11.9. The van der Waals surface area contributed by atoms with E-state index >= 15 is 0 Å². The number of anilines is 1. The number of rotatable bonds is 3. The van der Waals surface area contributed by atoms with Gasteiger partial charge >= 0.3 is 12.0 Å². The Morgan fingerprint density at radius 1 is 1.27 bits per heavy atom. The second-order valence-corrected chi connectivity index (χ2v) is 7.07. The molecular weight excluding hydrogens is 377 g/mol. The summed E-state index contributed by atoms with van der Waals surface area (Å²) in [6.45, 7) is 1.96. The molecule has 4 N–H and O–H groups in total. The number of aryl methyl sites for hydroxylation is 1. The Labute approximate surface area is 160 Å². The van der Waals surface area contributed by atoms with Crippen LogP contribution in [0.5, 0.6) is 0 Å². The van der Waals surface area contributed by atoms with Gasteiger partial charge in [0.1, 0.15) is 6.04 Å². The van der Waals surface area contributed by atoms with E-state index in [2.05, 4.69) is 5.43 Å². The first-order valence-electron chi connectivity index (χ1n) is 7.91. The van der Waals surface area contributed by atoms with Gasteiger partial charge in [-0.1, -0.05) is 53.0 Å². The van der Waals surface area contributed by atoms with Gasteiger partial charge in [-0.25, -0.2) is 15.0 Å². The Bertz CT molecular complexity index is 888. The quantitative estimate of drug-likeness (QED) is 0.740. The number of nitrogens with one attached hydrogen (secondary N) is 1. The van der Waals surface area contributed by atoms with Crippen molar-refractivity contribution < 1.29 is 14.7 Å². The number of benzene rings is 2. The zero-order valence-electron chi connectivity index (χ0n) is 13.9. The number of carboxylic acids is 1. The number of hydrogen-bond donors (Lipinski definition) is 3. The Morgan fingerprint density at radius 3 is 2.62 bits per heavy atom. The third-order valence-corrected chi connectivity index (χ3v) is 4.94. The first-order chi connectivity index (χ1) is 12.3. The number of halogens is 2. The molecule has 0 spiro atoms. The van der Waals surface area contributed by atoms with Crippen molar-refractivity contribution in [3.05, 3.63) is 63.1 Å². The van der Waals surface area contributed by atoms with Crippen LogP contribution < -0.4 is 16.2 Å². The van der Waals surface area contributed by atoms with Crippen molar-refractivity contribution in [2.75, 3.05) is 5.01 Å². The summed E-state index contributed by atoms with van der Waals surface area (Å²) in [5.74, 6) is -1.35. The van der Waals surface area contributed by atoms with Crippen LogP contribution in [0, 0.1) is 6.92 Å². The van der Waals surface area contributed by atoms with Crippen LogP contribution in [0.2, 0.25) is 10.0 Å². The minimum absolute atomic E-state index is 0.216. The molecule has 2 unspecified atom stereocenters. The Morgan fingerprint density at radius 2 is 2.00 bits per heavy atom. The maximum Gasteiger partial charge on any atom is 0.331 e. The lowest BCUT2D eigenvalue weighted by Crippen LogP contribution is -2.56. The van der Waals surface area contributed by atoms with E-state index in [1.807, 2.05) is 31.2 Å². The van der Waals surface area contributed by atoms with E-state index in [0.717, 1.165) is 11.1 Å². The first kappa shape index (κ1) is 18.4. The minimum atomic E-state index is -1.09. The molecule has 0 radical (unpaired) electrons. The average molecular weight is 394 g/mol. The van der Waals surface area contributed by atoms with Crippen molar-refractivity contribution >= 4 is 40.9 Å². The fourth-order valence-electron chi connectivity index (χ4n) is 3.39. The van der Waals surface area contributed by atoms with Crippen molar-refractivity contribution in [3.63, 3.8) is 0 Å². The third kappa shape index (κ3) is 3.43. The molecular formula is C18H17Cl2N3O3. The normalized spacial score (nSPS) is 19.0. The van der Waals surface area contributed by atoms with Gasteiger partial charge < -0.3 is 10.8 Å². The number of aliphatic carboxylic acids is 1. The van der Waals surface area contributed by atoms with E-state index in [0.29, 0.717) is 21.3 Å². The van der Waals surface area contributed by atoms with Gasteiger partial charge in [-0.2, -0.15) is 0 Å². The largest absolute Gasteiger partial charge is 0.480 e. The van der Waals surface area contributed by atoms with E-state index in [1.54, 1.807) is 12.1 Å². The van der Waals surface area contributed by atoms with Gasteiger partial charge in [0.15, 0.2) is 0 Å². The van der Waals surface area contributed by atoms with Crippen molar-refractivity contribution in [2.45, 2.75) is 25.3 Å². The molecule has 0 saturated carbocycles. The van der Waals surface area contributed by atoms with Gasteiger partial charge in [-0.15, -0.1) is 0 Å². The van der Waals surface area contributed by atoms with Crippen LogP contribution in [0.15, 0.2) is 36.4 Å². The molecule has 8 heteroatoms. The number of carbonyl (C=O) groups excluding carboxylic acids is 1. The predicted octanol–water partition coefficient (Wildman–Crippen LogP) is 3.68. The van der Waals surface area contributed by atoms with E-state index < -0.39 is 18.0 Å². The predicted molar refractivity (Wildman–Crippen MR) is 101 cm³/mol. The van der Waals surface area contributed by atoms with Gasteiger partial charge in [0, 0.05) is 21.5 Å². The average Bonchev–Trinajstić information content (AvgIpc) is 2.54. The van der Waals surface area contributed by atoms with Crippen LogP contribution in [-0.2, 0) is 4.79 Å². The zero-order chi connectivity index (χ0) is 19.0. The molecule has 0 aromatic heterocycles. The standard InChI is InChI=1S/C18H17Cl2N3O3/c1-9-3-2-4-10(5-9)12-8-15(17(24)25)23(22-18(21)26)14-7-11(19)6-13(20)16(12)14/h2-7,12,15H,8H2,1H3,(H,24,25)(H3,21,22,26). The Kier molecular flexibility index (Phi) is 4.98. The van der Waals surface area contributed by atoms with Gasteiger partial charge in [0.25, 0.3) is 0 Å². The highest BCUT2D eigenvalue weighted by Crippen LogP contribution is 2.46. The van der Waals surface area contributed by atoms with Crippen LogP contribution >= 0.6 is 23.2 Å². The number of fused-ring (bicyclic) bond motifs is 1. The van der Waals surface area contributed by atoms with Gasteiger partial charge in [-0.3, -0.25) is 5.01 Å². The number of urea groups is 1. The third-order valence-electron chi connectivity index (χ3n) is 4.41. The molecule has 26 heavy (non-hydrogen) atoms. The highest BCUT2D eigenvalue weighted by Gasteiger charge is 2.39. The summed E-state index contributed by atoms with van der Waals surface area (Å²) in [6.07, 6.45) is 0.216. The topological polar surface area (TPSA) is 95.7 Å². The van der Waals surface area contributed by atoms with E-state index in [1.165, 1.54) is 5.01 Å². The summed E-state index contributed by atoms with van der Waals surface area (Å²) in [6, 6.07) is 9.11. The fraction of sp³-hybridized carbons (Fsp3) is 0.222. The zero-order valence-corrected chi connectivity index (χ0v) is 15.4. The number of primary amides is 1. The highest BCUT2D eigenvalue weighted by molar-refractivity contribution is 6.35. The summed E-state index contributed by atoms with van der Waals surface area (Å²) in [5, 5.41) is 11.7. The molecule has 0 bridgehead atoms. The second kappa shape index (κ2) is 7.05. The van der Waals surface area contributed by atoms with Crippen molar-refractivity contribution in [2.24, 2.45) is 5.73 Å². The van der Waals surface area contributed by atoms with Crippen molar-refractivity contribution in [3.8, 4) is 0 Å². The van der Waals surface area contributed by atoms with Crippen LogP contribution in [0.3, 0.4) is 0 Å². The smallest absolute Gasteiger partial charge is 0.331 e. The van der Waals surface area contributed by atoms with E-state index in [4.69, 9.17) is 28.9 Å². The molecule has 1 aliphatic heterocycles. The lowest BCUT2D eigenvalue weighted by Gasteiger charge is -2.40. The minimum Gasteiger partial charge on any atom is -0.480 e.